The lowest BCUT2D eigenvalue weighted by molar-refractivity contribution is -0.161. The second-order valence-electron chi connectivity index (χ2n) is 10.5. The van der Waals surface area contributed by atoms with E-state index in [-0.39, 0.29) is 19.4 Å². The zero-order valence-electron chi connectivity index (χ0n) is 25.1. The van der Waals surface area contributed by atoms with E-state index in [2.05, 4.69) is 18.4 Å². The smallest absolute Gasteiger partial charge is 0.462 e. The molecule has 0 saturated carbocycles. The molecule has 0 aromatic heterocycles. The molecule has 0 amide bonds. The van der Waals surface area contributed by atoms with Crippen LogP contribution >= 0.6 is 7.82 Å². The summed E-state index contributed by atoms with van der Waals surface area (Å²) >= 11 is 0. The van der Waals surface area contributed by atoms with Crippen LogP contribution in [0.15, 0.2) is 0 Å². The van der Waals surface area contributed by atoms with Gasteiger partial charge in [-0.2, -0.15) is 0 Å². The maximum absolute atomic E-state index is 12.4. The summed E-state index contributed by atoms with van der Waals surface area (Å²) in [5, 5.41) is 18.1. The molecule has 0 aliphatic rings. The first-order valence-electron chi connectivity index (χ1n) is 15.5. The fourth-order valence-corrected chi connectivity index (χ4v) is 4.84. The number of esters is 2. The van der Waals surface area contributed by atoms with Crippen LogP contribution in [0, 0.1) is 0 Å². The lowest BCUT2D eigenvalue weighted by atomic mass is 10.0. The Bertz CT molecular complexity index is 661. The maximum Gasteiger partial charge on any atom is 0.472 e. The van der Waals surface area contributed by atoms with Crippen molar-refractivity contribution in [1.82, 2.24) is 0 Å². The van der Waals surface area contributed by atoms with E-state index in [0.717, 1.165) is 38.5 Å². The molecular weight excluding hydrogens is 539 g/mol. The Hall–Kier alpha value is -1.03. The van der Waals surface area contributed by atoms with Gasteiger partial charge in [0, 0.05) is 12.8 Å². The Balaban J connectivity index is 4.33. The average Bonchev–Trinajstić information content (AvgIpc) is 2.93. The van der Waals surface area contributed by atoms with E-state index in [4.69, 9.17) is 19.1 Å². The van der Waals surface area contributed by atoms with Gasteiger partial charge in [0.25, 0.3) is 0 Å². The van der Waals surface area contributed by atoms with E-state index < -0.39 is 51.8 Å². The normalized spacial score (nSPS) is 14.4. The van der Waals surface area contributed by atoms with Gasteiger partial charge in [-0.05, 0) is 12.8 Å². The Labute approximate surface area is 242 Å². The predicted molar refractivity (Wildman–Crippen MR) is 155 cm³/mol. The minimum Gasteiger partial charge on any atom is -0.462 e. The number of carbonyl (C=O) groups is 2. The number of ether oxygens (including phenoxy) is 2. The molecule has 3 atom stereocenters. The summed E-state index contributed by atoms with van der Waals surface area (Å²) in [7, 11) is -4.58. The molecule has 0 fully saturated rings. The molecular formula is C29H57O10P. The van der Waals surface area contributed by atoms with Gasteiger partial charge in [-0.1, -0.05) is 110 Å². The van der Waals surface area contributed by atoms with E-state index in [0.29, 0.717) is 12.8 Å². The number of hydrogen-bond donors (Lipinski definition) is 3. The number of aliphatic hydroxyl groups is 2. The highest BCUT2D eigenvalue weighted by Crippen LogP contribution is 2.43. The number of aliphatic hydroxyl groups excluding tert-OH is 2. The van der Waals surface area contributed by atoms with Gasteiger partial charge in [-0.3, -0.25) is 18.6 Å². The Morgan fingerprint density at radius 1 is 0.650 bits per heavy atom. The maximum atomic E-state index is 12.4. The lowest BCUT2D eigenvalue weighted by Gasteiger charge is -2.20. The van der Waals surface area contributed by atoms with Crippen molar-refractivity contribution < 1.29 is 47.8 Å². The van der Waals surface area contributed by atoms with Gasteiger partial charge in [-0.15, -0.1) is 0 Å². The summed E-state index contributed by atoms with van der Waals surface area (Å²) in [6.07, 6.45) is 17.2. The lowest BCUT2D eigenvalue weighted by Crippen LogP contribution is -2.29. The molecule has 10 nitrogen and oxygen atoms in total. The number of hydrogen-bond acceptors (Lipinski definition) is 9. The van der Waals surface area contributed by atoms with E-state index in [1.165, 1.54) is 57.8 Å². The fraction of sp³-hybridized carbons (Fsp3) is 0.931. The quantitative estimate of drug-likeness (QED) is 0.0504. The van der Waals surface area contributed by atoms with Gasteiger partial charge in [0.15, 0.2) is 6.10 Å². The average molecular weight is 597 g/mol. The molecule has 40 heavy (non-hydrogen) atoms. The molecule has 0 bridgehead atoms. The molecule has 0 radical (unpaired) electrons. The zero-order valence-corrected chi connectivity index (χ0v) is 26.0. The number of phosphoric ester groups is 1. The van der Waals surface area contributed by atoms with Crippen LogP contribution in [0.4, 0.5) is 0 Å². The third-order valence-corrected chi connectivity index (χ3v) is 7.46. The van der Waals surface area contributed by atoms with Crippen molar-refractivity contribution in [2.24, 2.45) is 0 Å². The Morgan fingerprint density at radius 3 is 1.57 bits per heavy atom. The number of unbranched alkanes of at least 4 members (excludes halogenated alkanes) is 15. The molecule has 0 rings (SSSR count). The zero-order chi connectivity index (χ0) is 29.9. The van der Waals surface area contributed by atoms with Crippen LogP contribution in [0.5, 0.6) is 0 Å². The van der Waals surface area contributed by atoms with Crippen molar-refractivity contribution in [1.29, 1.82) is 0 Å². The highest BCUT2D eigenvalue weighted by molar-refractivity contribution is 7.47. The number of phosphoric acid groups is 1. The molecule has 3 N–H and O–H groups in total. The summed E-state index contributed by atoms with van der Waals surface area (Å²) in [5.74, 6) is -0.941. The van der Waals surface area contributed by atoms with Crippen molar-refractivity contribution in [2.45, 2.75) is 148 Å². The Kier molecular flexibility index (Phi) is 26.2. The van der Waals surface area contributed by atoms with E-state index in [9.17, 15) is 24.2 Å². The molecule has 0 aliphatic carbocycles. The summed E-state index contributed by atoms with van der Waals surface area (Å²) < 4.78 is 32.1. The largest absolute Gasteiger partial charge is 0.472 e. The number of rotatable bonds is 29. The third kappa shape index (κ3) is 25.9. The molecule has 0 aromatic rings. The van der Waals surface area contributed by atoms with Crippen molar-refractivity contribution in [3.63, 3.8) is 0 Å². The molecule has 0 aromatic carbocycles. The van der Waals surface area contributed by atoms with E-state index in [1.807, 2.05) is 0 Å². The monoisotopic (exact) mass is 596 g/mol. The van der Waals surface area contributed by atoms with E-state index in [1.54, 1.807) is 0 Å². The van der Waals surface area contributed by atoms with Crippen molar-refractivity contribution in [3.8, 4) is 0 Å². The van der Waals surface area contributed by atoms with Gasteiger partial charge < -0.3 is 24.6 Å². The van der Waals surface area contributed by atoms with Gasteiger partial charge in [0.2, 0.25) is 0 Å². The highest BCUT2D eigenvalue weighted by atomic mass is 31.2. The molecule has 3 unspecified atom stereocenters. The molecule has 238 valence electrons. The highest BCUT2D eigenvalue weighted by Gasteiger charge is 2.27. The Morgan fingerprint density at radius 2 is 1.07 bits per heavy atom. The van der Waals surface area contributed by atoms with Crippen LogP contribution in [0.25, 0.3) is 0 Å². The van der Waals surface area contributed by atoms with Crippen LogP contribution in [0.2, 0.25) is 0 Å². The molecule has 0 aliphatic heterocycles. The number of carbonyl (C=O) groups excluding carboxylic acids is 2. The second-order valence-corrected chi connectivity index (χ2v) is 11.9. The molecule has 11 heteroatoms. The first kappa shape index (κ1) is 39.0. The van der Waals surface area contributed by atoms with Crippen LogP contribution < -0.4 is 0 Å². The minimum absolute atomic E-state index is 0.190. The third-order valence-electron chi connectivity index (χ3n) is 6.51. The van der Waals surface area contributed by atoms with Crippen LogP contribution in [-0.4, -0.2) is 65.7 Å². The standard InChI is InChI=1S/C29H57O10P/c1-3-5-7-9-10-11-12-13-14-15-16-17-19-21-29(33)39-27(24-36-28(32)20-18-8-6-4-2)25-38-40(34,35)37-23-26(31)22-30/h26-27,30-31H,3-25H2,1-2H3,(H,34,35). The van der Waals surface area contributed by atoms with Crippen molar-refractivity contribution in [2.75, 3.05) is 26.4 Å². The summed E-state index contributed by atoms with van der Waals surface area (Å²) in [4.78, 5) is 34.2. The summed E-state index contributed by atoms with van der Waals surface area (Å²) in [6, 6.07) is 0. The van der Waals surface area contributed by atoms with Gasteiger partial charge in [0.1, 0.15) is 12.7 Å². The predicted octanol–water partition coefficient (Wildman–Crippen LogP) is 6.38. The van der Waals surface area contributed by atoms with E-state index >= 15 is 0 Å². The van der Waals surface area contributed by atoms with Crippen LogP contribution in [0.3, 0.4) is 0 Å². The minimum atomic E-state index is -4.58. The van der Waals surface area contributed by atoms with Gasteiger partial charge in [-0.25, -0.2) is 4.57 Å². The van der Waals surface area contributed by atoms with Crippen molar-refractivity contribution in [3.05, 3.63) is 0 Å². The topological polar surface area (TPSA) is 149 Å². The summed E-state index contributed by atoms with van der Waals surface area (Å²) in [5.41, 5.74) is 0. The fourth-order valence-electron chi connectivity index (χ4n) is 4.05. The van der Waals surface area contributed by atoms with Crippen LogP contribution in [-0.2, 0) is 32.7 Å². The summed E-state index contributed by atoms with van der Waals surface area (Å²) in [6.45, 7) is 2.21. The molecule has 0 heterocycles. The van der Waals surface area contributed by atoms with Crippen molar-refractivity contribution >= 4 is 19.8 Å². The SMILES string of the molecule is CCCCCCCCCCCCCCCC(=O)OC(COC(=O)CCCCCC)COP(=O)(O)OCC(O)CO. The molecule has 0 spiro atoms. The van der Waals surface area contributed by atoms with Gasteiger partial charge in [0.05, 0.1) is 19.8 Å². The van der Waals surface area contributed by atoms with Crippen LogP contribution in [0.1, 0.15) is 136 Å². The first-order valence-corrected chi connectivity index (χ1v) is 17.0. The second kappa shape index (κ2) is 26.8. The first-order chi connectivity index (χ1) is 19.2. The van der Waals surface area contributed by atoms with Gasteiger partial charge >= 0.3 is 19.8 Å². The molecule has 0 saturated heterocycles.